The van der Waals surface area contributed by atoms with Crippen molar-refractivity contribution in [1.82, 2.24) is 9.55 Å². The molecular weight excluding hydrogens is 358 g/mol. The van der Waals surface area contributed by atoms with Crippen molar-refractivity contribution in [1.29, 1.82) is 0 Å². The number of aliphatic hydroxyl groups excluding tert-OH is 1. The number of hydrogen-bond donors (Lipinski definition) is 1. The third kappa shape index (κ3) is 2.49. The topological polar surface area (TPSA) is 38.0 Å². The number of imidazole rings is 1. The minimum absolute atomic E-state index is 0.237. The molecule has 2 aromatic rings. The maximum atomic E-state index is 12.7. The van der Waals surface area contributed by atoms with Crippen molar-refractivity contribution in [2.75, 3.05) is 0 Å². The molecule has 3 nitrogen and oxygen atoms in total. The molecule has 0 saturated carbocycles. The Hall–Kier alpha value is -1.29. The molecule has 0 fully saturated rings. The fourth-order valence-electron chi connectivity index (χ4n) is 1.74. The SMILES string of the molecule is OCn1c(C(F)(F)F)nc2cc(C(F)(F)F)cc(Br)c21. The molecule has 10 heteroatoms. The minimum Gasteiger partial charge on any atom is -0.376 e. The average molecular weight is 363 g/mol. The Morgan fingerprint density at radius 1 is 1.10 bits per heavy atom. The third-order valence-corrected chi connectivity index (χ3v) is 3.12. The molecule has 0 atom stereocenters. The van der Waals surface area contributed by atoms with Gasteiger partial charge in [0, 0.05) is 4.47 Å². The normalized spacial score (nSPS) is 13.2. The van der Waals surface area contributed by atoms with E-state index in [-0.39, 0.29) is 9.99 Å². The molecular formula is C10H5BrF6N2O. The van der Waals surface area contributed by atoms with Gasteiger partial charge in [0.15, 0.2) is 0 Å². The lowest BCUT2D eigenvalue weighted by molar-refractivity contribution is -0.148. The molecule has 20 heavy (non-hydrogen) atoms. The van der Waals surface area contributed by atoms with Crippen LogP contribution in [0.3, 0.4) is 0 Å². The summed E-state index contributed by atoms with van der Waals surface area (Å²) in [5.41, 5.74) is -1.89. The molecule has 1 aromatic carbocycles. The van der Waals surface area contributed by atoms with E-state index in [4.69, 9.17) is 5.11 Å². The van der Waals surface area contributed by atoms with Crippen molar-refractivity contribution in [2.45, 2.75) is 19.1 Å². The Morgan fingerprint density at radius 2 is 1.70 bits per heavy atom. The number of halogens is 7. The molecule has 110 valence electrons. The molecule has 0 aliphatic heterocycles. The van der Waals surface area contributed by atoms with Gasteiger partial charge in [0.1, 0.15) is 6.73 Å². The number of hydrogen-bond acceptors (Lipinski definition) is 2. The van der Waals surface area contributed by atoms with Crippen LogP contribution in [0.5, 0.6) is 0 Å². The molecule has 0 aliphatic rings. The summed E-state index contributed by atoms with van der Waals surface area (Å²) in [5, 5.41) is 9.00. The van der Waals surface area contributed by atoms with Gasteiger partial charge in [-0.1, -0.05) is 0 Å². The van der Waals surface area contributed by atoms with Gasteiger partial charge in [0.05, 0.1) is 16.6 Å². The Kier molecular flexibility index (Phi) is 3.49. The number of rotatable bonds is 1. The van der Waals surface area contributed by atoms with Crippen LogP contribution in [0.15, 0.2) is 16.6 Å². The summed E-state index contributed by atoms with van der Waals surface area (Å²) < 4.78 is 76.1. The van der Waals surface area contributed by atoms with E-state index in [1.807, 2.05) is 0 Å². The molecule has 0 bridgehead atoms. The van der Waals surface area contributed by atoms with Crippen LogP contribution < -0.4 is 0 Å². The van der Waals surface area contributed by atoms with Gasteiger partial charge in [-0.05, 0) is 28.1 Å². The first-order chi connectivity index (χ1) is 9.05. The predicted octanol–water partition coefficient (Wildman–Crippen LogP) is 3.79. The van der Waals surface area contributed by atoms with Gasteiger partial charge in [-0.15, -0.1) is 0 Å². The van der Waals surface area contributed by atoms with Crippen molar-refractivity contribution >= 4 is 27.0 Å². The molecule has 1 aromatic heterocycles. The molecule has 0 spiro atoms. The van der Waals surface area contributed by atoms with E-state index in [0.29, 0.717) is 16.7 Å². The summed E-state index contributed by atoms with van der Waals surface area (Å²) >= 11 is 2.77. The fourth-order valence-corrected chi connectivity index (χ4v) is 2.40. The van der Waals surface area contributed by atoms with E-state index in [9.17, 15) is 26.3 Å². The second kappa shape index (κ2) is 4.62. The van der Waals surface area contributed by atoms with Gasteiger partial charge in [-0.25, -0.2) is 4.98 Å². The molecule has 0 unspecified atom stereocenters. The molecule has 0 aliphatic carbocycles. The number of aromatic nitrogens is 2. The molecule has 2 rings (SSSR count). The number of benzene rings is 1. The number of aliphatic hydroxyl groups is 1. The van der Waals surface area contributed by atoms with E-state index in [1.165, 1.54) is 0 Å². The van der Waals surface area contributed by atoms with Crippen LogP contribution in [-0.4, -0.2) is 14.7 Å². The van der Waals surface area contributed by atoms with E-state index in [1.54, 1.807) is 0 Å². The van der Waals surface area contributed by atoms with Gasteiger partial charge < -0.3 is 5.11 Å². The molecule has 1 heterocycles. The smallest absolute Gasteiger partial charge is 0.376 e. The van der Waals surface area contributed by atoms with Crippen LogP contribution in [0.25, 0.3) is 11.0 Å². The quantitative estimate of drug-likeness (QED) is 0.784. The third-order valence-electron chi connectivity index (χ3n) is 2.52. The van der Waals surface area contributed by atoms with Gasteiger partial charge in [0.2, 0.25) is 5.82 Å². The van der Waals surface area contributed by atoms with Gasteiger partial charge >= 0.3 is 12.4 Å². The first-order valence-corrected chi connectivity index (χ1v) is 5.80. The van der Waals surface area contributed by atoms with Crippen LogP contribution in [0, 0.1) is 0 Å². The van der Waals surface area contributed by atoms with Gasteiger partial charge in [-0.2, -0.15) is 26.3 Å². The average Bonchev–Trinajstić information content (AvgIpc) is 2.66. The Bertz CT molecular complexity index is 660. The summed E-state index contributed by atoms with van der Waals surface area (Å²) in [4.78, 5) is 3.14. The second-order valence-electron chi connectivity index (χ2n) is 3.83. The summed E-state index contributed by atoms with van der Waals surface area (Å²) in [6.07, 6.45) is -9.60. The zero-order chi connectivity index (χ0) is 15.3. The van der Waals surface area contributed by atoms with E-state index < -0.39 is 36.0 Å². The summed E-state index contributed by atoms with van der Waals surface area (Å²) in [5.74, 6) is -1.46. The highest BCUT2D eigenvalue weighted by molar-refractivity contribution is 9.10. The van der Waals surface area contributed by atoms with Crippen molar-refractivity contribution < 1.29 is 31.4 Å². The van der Waals surface area contributed by atoms with Crippen molar-refractivity contribution in [2.24, 2.45) is 0 Å². The zero-order valence-electron chi connectivity index (χ0n) is 9.35. The van der Waals surface area contributed by atoms with Crippen molar-refractivity contribution in [3.8, 4) is 0 Å². The highest BCUT2D eigenvalue weighted by atomic mass is 79.9. The first-order valence-electron chi connectivity index (χ1n) is 5.00. The lowest BCUT2D eigenvalue weighted by Crippen LogP contribution is -2.15. The minimum atomic E-state index is -4.89. The summed E-state index contributed by atoms with van der Waals surface area (Å²) in [6.45, 7) is -1.06. The summed E-state index contributed by atoms with van der Waals surface area (Å²) in [6, 6.07) is 1.14. The Labute approximate surface area is 116 Å². The van der Waals surface area contributed by atoms with Gasteiger partial charge in [-0.3, -0.25) is 4.57 Å². The van der Waals surface area contributed by atoms with E-state index in [0.717, 1.165) is 0 Å². The lowest BCUT2D eigenvalue weighted by Gasteiger charge is -2.10. The van der Waals surface area contributed by atoms with Crippen molar-refractivity contribution in [3.05, 3.63) is 28.0 Å². The molecule has 0 saturated heterocycles. The summed E-state index contributed by atoms with van der Waals surface area (Å²) in [7, 11) is 0. The molecule has 0 radical (unpaired) electrons. The largest absolute Gasteiger partial charge is 0.449 e. The standard InChI is InChI=1S/C10H5BrF6N2O/c11-5-1-4(9(12,13)14)2-6-7(5)19(3-20)8(18-6)10(15,16)17/h1-2,20H,3H2. The zero-order valence-corrected chi connectivity index (χ0v) is 10.9. The fraction of sp³-hybridized carbons (Fsp3) is 0.300. The van der Waals surface area contributed by atoms with Crippen LogP contribution in [0.4, 0.5) is 26.3 Å². The maximum absolute atomic E-state index is 12.7. The lowest BCUT2D eigenvalue weighted by atomic mass is 10.2. The molecule has 1 N–H and O–H groups in total. The first kappa shape index (κ1) is 15.1. The maximum Gasteiger partial charge on any atom is 0.449 e. The van der Waals surface area contributed by atoms with Crippen LogP contribution in [0.2, 0.25) is 0 Å². The van der Waals surface area contributed by atoms with E-state index >= 15 is 0 Å². The number of nitrogens with zero attached hydrogens (tertiary/aromatic N) is 2. The van der Waals surface area contributed by atoms with E-state index in [2.05, 4.69) is 20.9 Å². The molecule has 0 amide bonds. The monoisotopic (exact) mass is 362 g/mol. The van der Waals surface area contributed by atoms with Gasteiger partial charge in [0.25, 0.3) is 0 Å². The number of fused-ring (bicyclic) bond motifs is 1. The van der Waals surface area contributed by atoms with Crippen LogP contribution in [-0.2, 0) is 19.1 Å². The second-order valence-corrected chi connectivity index (χ2v) is 4.68. The highest BCUT2D eigenvalue weighted by Gasteiger charge is 2.39. The Balaban J connectivity index is 2.81. The predicted molar refractivity (Wildman–Crippen MR) is 59.7 cm³/mol. The van der Waals surface area contributed by atoms with Crippen LogP contribution >= 0.6 is 15.9 Å². The highest BCUT2D eigenvalue weighted by Crippen LogP contribution is 2.38. The Morgan fingerprint density at radius 3 is 2.15 bits per heavy atom. The number of alkyl halides is 6. The van der Waals surface area contributed by atoms with Crippen LogP contribution in [0.1, 0.15) is 11.4 Å². The van der Waals surface area contributed by atoms with Crippen molar-refractivity contribution in [3.63, 3.8) is 0 Å².